The fourth-order valence-electron chi connectivity index (χ4n) is 1.97. The molecule has 0 spiro atoms. The molecule has 2 aromatic carbocycles. The Morgan fingerprint density at radius 3 is 2.47 bits per heavy atom. The number of carbonyl (C=O) groups excluding carboxylic acids is 1. The molecule has 0 aliphatic heterocycles. The van der Waals surface area contributed by atoms with Crippen molar-refractivity contribution in [2.24, 2.45) is 0 Å². The van der Waals surface area contributed by atoms with Crippen molar-refractivity contribution >= 4 is 34.4 Å². The Morgan fingerprint density at radius 2 is 1.79 bits per heavy atom. The molecule has 4 nitrogen and oxygen atoms in total. The van der Waals surface area contributed by atoms with Gasteiger partial charge in [-0.25, -0.2) is 0 Å². The van der Waals surface area contributed by atoms with E-state index >= 15 is 0 Å². The van der Waals surface area contributed by atoms with Gasteiger partial charge in [0.15, 0.2) is 0 Å². The van der Waals surface area contributed by atoms with Gasteiger partial charge >= 0.3 is 119 Å². The zero-order chi connectivity index (χ0) is 13.8. The van der Waals surface area contributed by atoms with Crippen LogP contribution in [0, 0.1) is 0 Å². The maximum absolute atomic E-state index is 11.2. The summed E-state index contributed by atoms with van der Waals surface area (Å²) < 4.78 is 5.75. The number of hydrogen-bond donors (Lipinski definition) is 1. The SMILES string of the molecule is [Li][c]1cccc(-c2ccccc2C(=O)O)c1OC=O. The first kappa shape index (κ1) is 13.4. The van der Waals surface area contributed by atoms with Gasteiger partial charge in [-0.1, -0.05) is 0 Å². The first-order valence-electron chi connectivity index (χ1n) is 5.67. The number of benzene rings is 2. The summed E-state index contributed by atoms with van der Waals surface area (Å²) in [5.74, 6) is -0.639. The molecule has 0 atom stereocenters. The number of carbonyl (C=O) groups is 2. The Bertz CT molecular complexity index is 637. The first-order valence-corrected chi connectivity index (χ1v) is 5.67. The molecule has 0 bridgehead atoms. The van der Waals surface area contributed by atoms with Crippen LogP contribution in [-0.4, -0.2) is 35.3 Å². The molecule has 0 aliphatic carbocycles. The zero-order valence-electron chi connectivity index (χ0n) is 10.3. The molecule has 0 unspecified atom stereocenters. The third-order valence-electron chi connectivity index (χ3n) is 2.83. The molecule has 2 rings (SSSR count). The number of para-hydroxylation sites is 1. The summed E-state index contributed by atoms with van der Waals surface area (Å²) in [6, 6.07) is 11.9. The second-order valence-corrected chi connectivity index (χ2v) is 4.02. The summed E-state index contributed by atoms with van der Waals surface area (Å²) >= 11 is 1.80. The van der Waals surface area contributed by atoms with Crippen molar-refractivity contribution in [2.75, 3.05) is 0 Å². The van der Waals surface area contributed by atoms with E-state index in [1.54, 1.807) is 54.1 Å². The van der Waals surface area contributed by atoms with Gasteiger partial charge in [0.2, 0.25) is 0 Å². The number of hydrogen-bond acceptors (Lipinski definition) is 3. The van der Waals surface area contributed by atoms with Gasteiger partial charge in [0.25, 0.3) is 0 Å². The second-order valence-electron chi connectivity index (χ2n) is 4.02. The molecule has 0 saturated heterocycles. The van der Waals surface area contributed by atoms with Crippen LogP contribution in [-0.2, 0) is 4.79 Å². The molecule has 0 aliphatic rings. The van der Waals surface area contributed by atoms with Gasteiger partial charge in [-0.15, -0.1) is 0 Å². The number of ether oxygens (including phenoxy) is 1. The van der Waals surface area contributed by atoms with Crippen LogP contribution in [0.4, 0.5) is 0 Å². The van der Waals surface area contributed by atoms with Crippen LogP contribution in [0.3, 0.4) is 0 Å². The molecular weight excluding hydrogens is 239 g/mol. The van der Waals surface area contributed by atoms with E-state index in [2.05, 4.69) is 0 Å². The average Bonchev–Trinajstić information content (AvgIpc) is 2.41. The van der Waals surface area contributed by atoms with Gasteiger partial charge in [0.05, 0.1) is 0 Å². The minimum absolute atomic E-state index is 0.170. The Kier molecular flexibility index (Phi) is 4.05. The van der Waals surface area contributed by atoms with E-state index in [0.717, 1.165) is 4.24 Å². The Labute approximate surface area is 119 Å². The molecule has 1 N–H and O–H groups in total. The van der Waals surface area contributed by atoms with E-state index in [-0.39, 0.29) is 5.56 Å². The molecule has 0 amide bonds. The number of carboxylic acids is 1. The normalized spacial score (nSPS) is 10.0. The monoisotopic (exact) mass is 248 g/mol. The van der Waals surface area contributed by atoms with Gasteiger partial charge < -0.3 is 0 Å². The summed E-state index contributed by atoms with van der Waals surface area (Å²) in [5, 5.41) is 9.21. The van der Waals surface area contributed by atoms with E-state index < -0.39 is 5.97 Å². The Hall–Kier alpha value is -2.02. The number of rotatable bonds is 4. The summed E-state index contributed by atoms with van der Waals surface area (Å²) in [4.78, 5) is 21.8. The predicted octanol–water partition coefficient (Wildman–Crippen LogP) is 1.38. The number of carboxylic acid groups (broad SMARTS) is 1. The van der Waals surface area contributed by atoms with Crippen molar-refractivity contribution in [3.05, 3.63) is 48.0 Å². The van der Waals surface area contributed by atoms with Crippen LogP contribution in [0.1, 0.15) is 10.4 Å². The molecule has 90 valence electrons. The van der Waals surface area contributed by atoms with Crippen LogP contribution in [0.5, 0.6) is 5.75 Å². The maximum atomic E-state index is 11.2. The molecule has 0 fully saturated rings. The quantitative estimate of drug-likeness (QED) is 0.655. The van der Waals surface area contributed by atoms with Crippen molar-refractivity contribution in [1.82, 2.24) is 0 Å². The van der Waals surface area contributed by atoms with Gasteiger partial charge in [0, 0.05) is 0 Å². The van der Waals surface area contributed by atoms with Crippen LogP contribution < -0.4 is 8.97 Å². The second kappa shape index (κ2) is 5.74. The van der Waals surface area contributed by atoms with Gasteiger partial charge in [-0.3, -0.25) is 0 Å². The summed E-state index contributed by atoms with van der Waals surface area (Å²) in [6.07, 6.45) is 0. The summed E-state index contributed by atoms with van der Waals surface area (Å²) in [6.45, 7) is 0.342. The van der Waals surface area contributed by atoms with Crippen LogP contribution in [0.25, 0.3) is 11.1 Å². The summed E-state index contributed by atoms with van der Waals surface area (Å²) in [7, 11) is 0. The molecule has 0 radical (unpaired) electrons. The molecular formula is C14H9LiO4. The van der Waals surface area contributed by atoms with E-state index in [0.29, 0.717) is 23.3 Å². The fourth-order valence-corrected chi connectivity index (χ4v) is 1.97. The van der Waals surface area contributed by atoms with Gasteiger partial charge in [-0.2, -0.15) is 0 Å². The molecule has 0 saturated carbocycles. The topological polar surface area (TPSA) is 63.6 Å². The third-order valence-corrected chi connectivity index (χ3v) is 2.83. The molecule has 19 heavy (non-hydrogen) atoms. The minimum atomic E-state index is -1.02. The molecule has 0 aromatic heterocycles. The molecule has 0 heterocycles. The number of aromatic carboxylic acids is 1. The van der Waals surface area contributed by atoms with Crippen molar-refractivity contribution in [1.29, 1.82) is 0 Å². The predicted molar refractivity (Wildman–Crippen MR) is 70.9 cm³/mol. The van der Waals surface area contributed by atoms with Crippen LogP contribution in [0.2, 0.25) is 0 Å². The van der Waals surface area contributed by atoms with E-state index in [9.17, 15) is 14.7 Å². The summed E-state index contributed by atoms with van der Waals surface area (Å²) in [5.41, 5.74) is 1.28. The van der Waals surface area contributed by atoms with Crippen molar-refractivity contribution in [3.63, 3.8) is 0 Å². The van der Waals surface area contributed by atoms with Crippen molar-refractivity contribution in [2.45, 2.75) is 0 Å². The van der Waals surface area contributed by atoms with Crippen molar-refractivity contribution < 1.29 is 19.4 Å². The Morgan fingerprint density at radius 1 is 1.11 bits per heavy atom. The van der Waals surface area contributed by atoms with E-state index in [4.69, 9.17) is 4.74 Å². The average molecular weight is 248 g/mol. The zero-order valence-corrected chi connectivity index (χ0v) is 10.3. The van der Waals surface area contributed by atoms with E-state index in [1.165, 1.54) is 6.07 Å². The molecule has 5 heteroatoms. The third kappa shape index (κ3) is 2.70. The van der Waals surface area contributed by atoms with Crippen LogP contribution >= 0.6 is 0 Å². The molecule has 2 aromatic rings. The Balaban J connectivity index is 2.68. The van der Waals surface area contributed by atoms with Gasteiger partial charge in [0.1, 0.15) is 0 Å². The van der Waals surface area contributed by atoms with Crippen molar-refractivity contribution in [3.8, 4) is 16.9 Å². The van der Waals surface area contributed by atoms with Gasteiger partial charge in [-0.05, 0) is 0 Å². The fraction of sp³-hybridized carbons (Fsp3) is 0. The van der Waals surface area contributed by atoms with Crippen LogP contribution in [0.15, 0.2) is 42.5 Å². The standard InChI is InChI=1S/C14H9O4.Li/c15-9-18-13-8-4-3-6-11(13)10-5-1-2-7-12(10)14(16)17;/h1-7,9H,(H,16,17);. The van der Waals surface area contributed by atoms with E-state index in [1.807, 2.05) is 0 Å². The first-order chi connectivity index (χ1) is 9.15.